The van der Waals surface area contributed by atoms with E-state index < -0.39 is 17.4 Å². The van der Waals surface area contributed by atoms with Crippen LogP contribution in [-0.4, -0.2) is 42.0 Å². The molecule has 1 fully saturated rings. The molecule has 8 heteroatoms. The van der Waals surface area contributed by atoms with Gasteiger partial charge in [-0.25, -0.2) is 14.2 Å². The number of ether oxygens (including phenoxy) is 3. The first kappa shape index (κ1) is 17.5. The Bertz CT molecular complexity index is 811. The summed E-state index contributed by atoms with van der Waals surface area (Å²) < 4.78 is 30.0. The van der Waals surface area contributed by atoms with Crippen LogP contribution in [0, 0.1) is 5.82 Å². The molecule has 0 amide bonds. The molecule has 1 heterocycles. The number of benzene rings is 1. The summed E-state index contributed by atoms with van der Waals surface area (Å²) in [5.41, 5.74) is -0.376. The van der Waals surface area contributed by atoms with Crippen LogP contribution in [0.3, 0.4) is 0 Å². The van der Waals surface area contributed by atoms with E-state index in [0.29, 0.717) is 29.4 Å². The Morgan fingerprint density at radius 3 is 2.60 bits per heavy atom. The minimum atomic E-state index is -0.997. The molecule has 1 aromatic carbocycles. The minimum absolute atomic E-state index is 0.208. The van der Waals surface area contributed by atoms with Crippen molar-refractivity contribution in [2.45, 2.75) is 23.6 Å². The molecule has 0 atom stereocenters. The number of nitrogens with zero attached hydrogens (tertiary/aromatic N) is 2. The molecular formula is C17H17FN2O4S. The second-order valence-corrected chi connectivity index (χ2v) is 6.29. The molecule has 1 aliphatic rings. The molecule has 2 aromatic rings. The van der Waals surface area contributed by atoms with Gasteiger partial charge in [-0.15, -0.1) is 0 Å². The highest BCUT2D eigenvalue weighted by Gasteiger charge is 2.54. The molecular weight excluding hydrogens is 347 g/mol. The van der Waals surface area contributed by atoms with Gasteiger partial charge in [-0.2, -0.15) is 4.98 Å². The third kappa shape index (κ3) is 3.53. The average molecular weight is 364 g/mol. The molecule has 1 saturated carbocycles. The fourth-order valence-electron chi connectivity index (χ4n) is 2.36. The average Bonchev–Trinajstić information content (AvgIpc) is 3.41. The number of hydrogen-bond donors (Lipinski definition) is 0. The van der Waals surface area contributed by atoms with E-state index in [1.54, 1.807) is 12.3 Å². The number of rotatable bonds is 6. The lowest BCUT2D eigenvalue weighted by atomic mass is 10.1. The summed E-state index contributed by atoms with van der Waals surface area (Å²) in [5, 5.41) is 0.412. The van der Waals surface area contributed by atoms with Gasteiger partial charge in [0.2, 0.25) is 11.5 Å². The van der Waals surface area contributed by atoms with E-state index in [-0.39, 0.29) is 11.4 Å². The van der Waals surface area contributed by atoms with E-state index in [1.165, 1.54) is 44.2 Å². The van der Waals surface area contributed by atoms with Gasteiger partial charge in [0.05, 0.1) is 19.9 Å². The summed E-state index contributed by atoms with van der Waals surface area (Å²) >= 11 is 1.30. The van der Waals surface area contributed by atoms with E-state index in [2.05, 4.69) is 9.97 Å². The third-order valence-corrected chi connectivity index (χ3v) is 4.42. The smallest absolute Gasteiger partial charge is 0.350 e. The van der Waals surface area contributed by atoms with Crippen molar-refractivity contribution in [1.82, 2.24) is 9.97 Å². The van der Waals surface area contributed by atoms with Gasteiger partial charge in [0.25, 0.3) is 0 Å². The van der Waals surface area contributed by atoms with Crippen molar-refractivity contribution in [2.75, 3.05) is 20.5 Å². The Labute approximate surface area is 148 Å². The molecule has 132 valence electrons. The van der Waals surface area contributed by atoms with Gasteiger partial charge in [0, 0.05) is 24.5 Å². The highest BCUT2D eigenvalue weighted by molar-refractivity contribution is 7.98. The van der Waals surface area contributed by atoms with Crippen LogP contribution in [0.1, 0.15) is 12.8 Å². The van der Waals surface area contributed by atoms with Gasteiger partial charge in [-0.05, 0) is 24.5 Å². The highest BCUT2D eigenvalue weighted by Crippen LogP contribution is 2.41. The number of carbonyl (C=O) groups is 1. The van der Waals surface area contributed by atoms with E-state index >= 15 is 0 Å². The van der Waals surface area contributed by atoms with Crippen LogP contribution in [-0.2, 0) is 9.53 Å². The Morgan fingerprint density at radius 2 is 2.00 bits per heavy atom. The van der Waals surface area contributed by atoms with Crippen molar-refractivity contribution < 1.29 is 23.4 Å². The SMILES string of the molecule is COC(=O)C1(Oc2cc(-c3cc(OC)ccc3F)nc(SC)n2)CC1. The number of aromatic nitrogens is 2. The summed E-state index contributed by atoms with van der Waals surface area (Å²) in [6.07, 6.45) is 2.92. The number of halogens is 1. The lowest BCUT2D eigenvalue weighted by molar-refractivity contribution is -0.151. The van der Waals surface area contributed by atoms with E-state index in [1.807, 2.05) is 0 Å². The van der Waals surface area contributed by atoms with Crippen LogP contribution in [0.15, 0.2) is 29.4 Å². The number of carbonyl (C=O) groups excluding carboxylic acids is 1. The van der Waals surface area contributed by atoms with Crippen LogP contribution in [0.25, 0.3) is 11.3 Å². The summed E-state index contributed by atoms with van der Waals surface area (Å²) in [5.74, 6) is -0.159. The number of esters is 1. The molecule has 1 aliphatic carbocycles. The predicted molar refractivity (Wildman–Crippen MR) is 90.4 cm³/mol. The molecule has 0 radical (unpaired) electrons. The number of hydrogen-bond acceptors (Lipinski definition) is 7. The van der Waals surface area contributed by atoms with Crippen LogP contribution in [0.2, 0.25) is 0 Å². The maximum Gasteiger partial charge on any atom is 0.350 e. The summed E-state index contributed by atoms with van der Waals surface area (Å²) in [4.78, 5) is 20.5. The molecule has 25 heavy (non-hydrogen) atoms. The first-order valence-corrected chi connectivity index (χ1v) is 8.78. The molecule has 0 aliphatic heterocycles. The Morgan fingerprint density at radius 1 is 1.24 bits per heavy atom. The first-order valence-electron chi connectivity index (χ1n) is 7.56. The molecule has 0 spiro atoms. The van der Waals surface area contributed by atoms with Gasteiger partial charge in [0.15, 0.2) is 5.16 Å². The third-order valence-electron chi connectivity index (χ3n) is 3.88. The molecule has 0 unspecified atom stereocenters. The van der Waals surface area contributed by atoms with Crippen molar-refractivity contribution >= 4 is 17.7 Å². The maximum atomic E-state index is 14.3. The maximum absolute atomic E-state index is 14.3. The fourth-order valence-corrected chi connectivity index (χ4v) is 2.73. The zero-order chi connectivity index (χ0) is 18.0. The molecule has 1 aromatic heterocycles. The van der Waals surface area contributed by atoms with Crippen molar-refractivity contribution in [3.8, 4) is 22.9 Å². The summed E-state index contributed by atoms with van der Waals surface area (Å²) in [7, 11) is 2.82. The van der Waals surface area contributed by atoms with Crippen LogP contribution < -0.4 is 9.47 Å². The minimum Gasteiger partial charge on any atom is -0.497 e. The van der Waals surface area contributed by atoms with Gasteiger partial charge in [-0.3, -0.25) is 0 Å². The molecule has 3 rings (SSSR count). The Hall–Kier alpha value is -2.35. The highest BCUT2D eigenvalue weighted by atomic mass is 32.2. The van der Waals surface area contributed by atoms with E-state index in [0.717, 1.165) is 0 Å². The van der Waals surface area contributed by atoms with Crippen molar-refractivity contribution in [2.24, 2.45) is 0 Å². The van der Waals surface area contributed by atoms with E-state index in [4.69, 9.17) is 14.2 Å². The first-order chi connectivity index (χ1) is 12.0. The van der Waals surface area contributed by atoms with Gasteiger partial charge in [0.1, 0.15) is 11.6 Å². The van der Waals surface area contributed by atoms with Gasteiger partial charge in [-0.1, -0.05) is 11.8 Å². The molecule has 0 saturated heterocycles. The number of methoxy groups -OCH3 is 2. The largest absolute Gasteiger partial charge is 0.497 e. The van der Waals surface area contributed by atoms with Crippen molar-refractivity contribution in [1.29, 1.82) is 0 Å². The van der Waals surface area contributed by atoms with Gasteiger partial charge < -0.3 is 14.2 Å². The lowest BCUT2D eigenvalue weighted by Crippen LogP contribution is -2.31. The van der Waals surface area contributed by atoms with Crippen molar-refractivity contribution in [3.05, 3.63) is 30.1 Å². The monoisotopic (exact) mass is 364 g/mol. The Kier molecular flexibility index (Phi) is 4.80. The van der Waals surface area contributed by atoms with Crippen LogP contribution in [0.4, 0.5) is 4.39 Å². The second-order valence-electron chi connectivity index (χ2n) is 5.51. The molecule has 0 N–H and O–H groups in total. The number of thioether (sulfide) groups is 1. The van der Waals surface area contributed by atoms with Gasteiger partial charge >= 0.3 is 5.97 Å². The topological polar surface area (TPSA) is 70.5 Å². The summed E-state index contributed by atoms with van der Waals surface area (Å²) in [6.45, 7) is 0. The zero-order valence-corrected chi connectivity index (χ0v) is 14.9. The molecule has 6 nitrogen and oxygen atoms in total. The van der Waals surface area contributed by atoms with Crippen molar-refractivity contribution in [3.63, 3.8) is 0 Å². The predicted octanol–water partition coefficient (Wildman–Crippen LogP) is 3.10. The zero-order valence-electron chi connectivity index (χ0n) is 14.0. The fraction of sp³-hybridized carbons (Fsp3) is 0.353. The lowest BCUT2D eigenvalue weighted by Gasteiger charge is -2.16. The van der Waals surface area contributed by atoms with E-state index in [9.17, 15) is 9.18 Å². The second kappa shape index (κ2) is 6.87. The quantitative estimate of drug-likeness (QED) is 0.443. The normalized spacial score (nSPS) is 14.7. The van der Waals surface area contributed by atoms with Crippen LogP contribution in [0.5, 0.6) is 11.6 Å². The Balaban J connectivity index is 2.00. The standard InChI is InChI=1S/C17H17FN2O4S/c1-22-10-4-5-12(18)11(8-10)13-9-14(20-16(19-13)25-3)24-17(6-7-17)15(21)23-2/h4-5,8-9H,6-7H2,1-3H3. The van der Waals surface area contributed by atoms with Crippen LogP contribution >= 0.6 is 11.8 Å². The summed E-state index contributed by atoms with van der Waals surface area (Å²) in [6, 6.07) is 5.91. The molecule has 0 bridgehead atoms.